The smallest absolute Gasteiger partial charge is 0.313 e. The first-order valence-electron chi connectivity index (χ1n) is 7.80. The van der Waals surface area contributed by atoms with Crippen LogP contribution in [-0.4, -0.2) is 30.6 Å². The van der Waals surface area contributed by atoms with Gasteiger partial charge < -0.3 is 15.4 Å². The van der Waals surface area contributed by atoms with Crippen LogP contribution in [0.1, 0.15) is 45.1 Å². The average Bonchev–Trinajstić information content (AvgIpc) is 3.02. The minimum atomic E-state index is -0.651. The molecule has 2 atom stereocenters. The molecule has 1 saturated heterocycles. The fourth-order valence-corrected chi connectivity index (χ4v) is 2.50. The molecule has 2 unspecified atom stereocenters. The lowest BCUT2D eigenvalue weighted by Crippen LogP contribution is -2.45. The molecule has 1 aliphatic heterocycles. The molecule has 5 nitrogen and oxygen atoms in total. The lowest BCUT2D eigenvalue weighted by molar-refractivity contribution is -0.137. The molecule has 0 saturated carbocycles. The summed E-state index contributed by atoms with van der Waals surface area (Å²) in [5, 5.41) is 5.31. The molecule has 0 aliphatic carbocycles. The van der Waals surface area contributed by atoms with Crippen molar-refractivity contribution >= 4 is 17.5 Å². The number of carbonyl (C=O) groups excluding carboxylic acids is 2. The lowest BCUT2D eigenvalue weighted by atomic mass is 10.0. The van der Waals surface area contributed by atoms with E-state index in [1.165, 1.54) is 5.56 Å². The van der Waals surface area contributed by atoms with Crippen LogP contribution in [0.25, 0.3) is 0 Å². The van der Waals surface area contributed by atoms with Gasteiger partial charge in [0.05, 0.1) is 12.1 Å². The van der Waals surface area contributed by atoms with Crippen molar-refractivity contribution in [3.63, 3.8) is 0 Å². The van der Waals surface area contributed by atoms with E-state index in [1.807, 2.05) is 31.2 Å². The van der Waals surface area contributed by atoms with Gasteiger partial charge >= 0.3 is 11.8 Å². The molecule has 2 amide bonds. The number of rotatable bonds is 4. The number of ether oxygens (including phenoxy) is 1. The summed E-state index contributed by atoms with van der Waals surface area (Å²) in [6.07, 6.45) is 1.92. The highest BCUT2D eigenvalue weighted by atomic mass is 16.5. The third-order valence-corrected chi connectivity index (χ3v) is 3.92. The van der Waals surface area contributed by atoms with Crippen molar-refractivity contribution in [2.45, 2.75) is 51.7 Å². The molecular weight excluding hydrogens is 280 g/mol. The first kappa shape index (κ1) is 16.5. The monoisotopic (exact) mass is 304 g/mol. The van der Waals surface area contributed by atoms with E-state index in [0.717, 1.165) is 19.4 Å². The maximum absolute atomic E-state index is 11.9. The first-order valence-corrected chi connectivity index (χ1v) is 7.80. The molecule has 1 fully saturated rings. The normalized spacial score (nSPS) is 19.0. The highest BCUT2D eigenvalue weighted by Crippen LogP contribution is 2.17. The van der Waals surface area contributed by atoms with Crippen molar-refractivity contribution < 1.29 is 14.3 Å². The fourth-order valence-electron chi connectivity index (χ4n) is 2.50. The van der Waals surface area contributed by atoms with Gasteiger partial charge in [0.25, 0.3) is 0 Å². The predicted molar refractivity (Wildman–Crippen MR) is 85.7 cm³/mol. The molecule has 1 aliphatic rings. The zero-order valence-electron chi connectivity index (χ0n) is 13.4. The van der Waals surface area contributed by atoms with Crippen LogP contribution in [0.15, 0.2) is 24.3 Å². The van der Waals surface area contributed by atoms with Gasteiger partial charge in [-0.3, -0.25) is 9.59 Å². The van der Waals surface area contributed by atoms with Crippen LogP contribution in [0.3, 0.4) is 0 Å². The van der Waals surface area contributed by atoms with Gasteiger partial charge in [-0.25, -0.2) is 0 Å². The van der Waals surface area contributed by atoms with Gasteiger partial charge in [0, 0.05) is 12.3 Å². The van der Waals surface area contributed by atoms with Crippen molar-refractivity contribution in [2.24, 2.45) is 0 Å². The summed E-state index contributed by atoms with van der Waals surface area (Å²) in [6, 6.07) is 7.36. The quantitative estimate of drug-likeness (QED) is 0.840. The standard InChI is InChI=1S/C17H24N2O3/c1-11(2)13-6-8-14(9-7-13)19-17(21)16(20)18-12(3)15-5-4-10-22-15/h6-9,11-12,15H,4-5,10H2,1-3H3,(H,18,20)(H,19,21). The van der Waals surface area contributed by atoms with Crippen molar-refractivity contribution in [2.75, 3.05) is 11.9 Å². The van der Waals surface area contributed by atoms with Crippen molar-refractivity contribution in [3.05, 3.63) is 29.8 Å². The van der Waals surface area contributed by atoms with Crippen LogP contribution in [0.4, 0.5) is 5.69 Å². The van der Waals surface area contributed by atoms with Gasteiger partial charge in [-0.15, -0.1) is 0 Å². The largest absolute Gasteiger partial charge is 0.376 e. The minimum absolute atomic E-state index is 0.00192. The molecule has 2 rings (SSSR count). The Balaban J connectivity index is 1.86. The van der Waals surface area contributed by atoms with E-state index in [0.29, 0.717) is 11.6 Å². The lowest BCUT2D eigenvalue weighted by Gasteiger charge is -2.19. The Morgan fingerprint density at radius 2 is 1.82 bits per heavy atom. The number of nitrogens with one attached hydrogen (secondary N) is 2. The molecule has 0 spiro atoms. The Labute approximate surface area is 131 Å². The molecule has 22 heavy (non-hydrogen) atoms. The SMILES string of the molecule is CC(C)c1ccc(NC(=O)C(=O)NC(C)C2CCCO2)cc1. The molecular formula is C17H24N2O3. The van der Waals surface area contributed by atoms with Gasteiger partial charge in [0.1, 0.15) is 0 Å². The van der Waals surface area contributed by atoms with E-state index in [1.54, 1.807) is 0 Å². The number of benzene rings is 1. The maximum atomic E-state index is 11.9. The first-order chi connectivity index (χ1) is 10.5. The zero-order valence-corrected chi connectivity index (χ0v) is 13.4. The Bertz CT molecular complexity index is 519. The van der Waals surface area contributed by atoms with E-state index in [4.69, 9.17) is 4.74 Å². The van der Waals surface area contributed by atoms with Gasteiger partial charge in [-0.2, -0.15) is 0 Å². The highest BCUT2D eigenvalue weighted by molar-refractivity contribution is 6.39. The Morgan fingerprint density at radius 3 is 2.36 bits per heavy atom. The van der Waals surface area contributed by atoms with E-state index < -0.39 is 11.8 Å². The van der Waals surface area contributed by atoms with Crippen LogP contribution in [0.5, 0.6) is 0 Å². The van der Waals surface area contributed by atoms with Crippen LogP contribution >= 0.6 is 0 Å². The third-order valence-electron chi connectivity index (χ3n) is 3.92. The van der Waals surface area contributed by atoms with E-state index in [2.05, 4.69) is 24.5 Å². The van der Waals surface area contributed by atoms with Gasteiger partial charge in [0.15, 0.2) is 0 Å². The molecule has 1 aromatic carbocycles. The molecule has 0 radical (unpaired) electrons. The highest BCUT2D eigenvalue weighted by Gasteiger charge is 2.25. The Morgan fingerprint density at radius 1 is 1.14 bits per heavy atom. The number of carbonyl (C=O) groups is 2. The second-order valence-electron chi connectivity index (χ2n) is 6.04. The van der Waals surface area contributed by atoms with Crippen LogP contribution in [0, 0.1) is 0 Å². The van der Waals surface area contributed by atoms with Crippen molar-refractivity contribution in [1.29, 1.82) is 0 Å². The van der Waals surface area contributed by atoms with Crippen LogP contribution in [-0.2, 0) is 14.3 Å². The summed E-state index contributed by atoms with van der Waals surface area (Å²) in [7, 11) is 0. The summed E-state index contributed by atoms with van der Waals surface area (Å²) in [5.74, 6) is -0.849. The van der Waals surface area contributed by atoms with Crippen molar-refractivity contribution in [3.8, 4) is 0 Å². The van der Waals surface area contributed by atoms with E-state index in [-0.39, 0.29) is 12.1 Å². The third kappa shape index (κ3) is 4.31. The van der Waals surface area contributed by atoms with E-state index in [9.17, 15) is 9.59 Å². The summed E-state index contributed by atoms with van der Waals surface area (Å²) in [4.78, 5) is 23.8. The Kier molecular flexibility index (Phi) is 5.55. The Hall–Kier alpha value is -1.88. The molecule has 2 N–H and O–H groups in total. The van der Waals surface area contributed by atoms with Crippen LogP contribution in [0.2, 0.25) is 0 Å². The number of amides is 2. The van der Waals surface area contributed by atoms with Crippen molar-refractivity contribution in [1.82, 2.24) is 5.32 Å². The summed E-state index contributed by atoms with van der Waals surface area (Å²) >= 11 is 0. The molecule has 5 heteroatoms. The number of hydrogen-bond acceptors (Lipinski definition) is 3. The van der Waals surface area contributed by atoms with E-state index >= 15 is 0 Å². The molecule has 1 aromatic rings. The minimum Gasteiger partial charge on any atom is -0.376 e. The average molecular weight is 304 g/mol. The predicted octanol–water partition coefficient (Wildman–Crippen LogP) is 2.43. The van der Waals surface area contributed by atoms with Gasteiger partial charge in [-0.05, 0) is 43.4 Å². The van der Waals surface area contributed by atoms with Gasteiger partial charge in [-0.1, -0.05) is 26.0 Å². The summed E-state index contributed by atoms with van der Waals surface area (Å²) in [6.45, 7) is 6.79. The molecule has 1 heterocycles. The molecule has 0 aromatic heterocycles. The fraction of sp³-hybridized carbons (Fsp3) is 0.529. The number of hydrogen-bond donors (Lipinski definition) is 2. The maximum Gasteiger partial charge on any atom is 0.313 e. The van der Waals surface area contributed by atoms with Crippen LogP contribution < -0.4 is 10.6 Å². The van der Waals surface area contributed by atoms with Gasteiger partial charge in [0.2, 0.25) is 0 Å². The zero-order chi connectivity index (χ0) is 16.1. The second kappa shape index (κ2) is 7.40. The molecule has 0 bridgehead atoms. The molecule has 120 valence electrons. The topological polar surface area (TPSA) is 67.4 Å². The number of anilines is 1. The summed E-state index contributed by atoms with van der Waals surface area (Å²) < 4.78 is 5.50. The summed E-state index contributed by atoms with van der Waals surface area (Å²) in [5.41, 5.74) is 1.81. The second-order valence-corrected chi connectivity index (χ2v) is 6.04.